The van der Waals surface area contributed by atoms with E-state index in [1.807, 2.05) is 59.5 Å². The van der Waals surface area contributed by atoms with Crippen LogP contribution in [-0.2, 0) is 0 Å². The van der Waals surface area contributed by atoms with Gasteiger partial charge in [0.2, 0.25) is 0 Å². The summed E-state index contributed by atoms with van der Waals surface area (Å²) >= 11 is 7.56. The van der Waals surface area contributed by atoms with Gasteiger partial charge in [-0.2, -0.15) is 0 Å². The number of hydrogen-bond acceptors (Lipinski definition) is 5. The van der Waals surface area contributed by atoms with E-state index in [4.69, 9.17) is 16.3 Å². The third-order valence-corrected chi connectivity index (χ3v) is 6.25. The number of nitrogens with zero attached hydrogens (tertiary/aromatic N) is 3. The minimum absolute atomic E-state index is 0.0663. The van der Waals surface area contributed by atoms with Crippen molar-refractivity contribution >= 4 is 28.8 Å². The Bertz CT molecular complexity index is 955. The average Bonchev–Trinajstić information content (AvgIpc) is 3.26. The second-order valence-electron chi connectivity index (χ2n) is 6.81. The van der Waals surface area contributed by atoms with Crippen LogP contribution in [0.15, 0.2) is 60.8 Å². The molecule has 2 heterocycles. The van der Waals surface area contributed by atoms with Crippen LogP contribution in [0.4, 0.5) is 0 Å². The summed E-state index contributed by atoms with van der Waals surface area (Å²) < 4.78 is 5.77. The monoisotopic (exact) mass is 427 g/mol. The van der Waals surface area contributed by atoms with Gasteiger partial charge in [-0.25, -0.2) is 4.98 Å². The number of halogens is 1. The number of carbonyl (C=O) groups excluding carboxylic acids is 1. The van der Waals surface area contributed by atoms with Gasteiger partial charge in [0, 0.05) is 38.3 Å². The van der Waals surface area contributed by atoms with Gasteiger partial charge in [0.05, 0.1) is 11.2 Å². The summed E-state index contributed by atoms with van der Waals surface area (Å²) in [6.07, 6.45) is 1.69. The van der Waals surface area contributed by atoms with Gasteiger partial charge >= 0.3 is 0 Å². The zero-order chi connectivity index (χ0) is 20.1. The molecule has 0 atom stereocenters. The van der Waals surface area contributed by atoms with Crippen LogP contribution in [0.5, 0.6) is 5.75 Å². The summed E-state index contributed by atoms with van der Waals surface area (Å²) in [6.45, 7) is 4.48. The number of carbonyl (C=O) groups is 1. The molecule has 0 aliphatic carbocycles. The van der Waals surface area contributed by atoms with E-state index in [0.717, 1.165) is 30.2 Å². The molecule has 0 spiro atoms. The molecule has 3 aromatic rings. The summed E-state index contributed by atoms with van der Waals surface area (Å²) in [6, 6.07) is 17.4. The first-order valence-corrected chi connectivity index (χ1v) is 10.8. The lowest BCUT2D eigenvalue weighted by atomic mass is 10.2. The lowest BCUT2D eigenvalue weighted by molar-refractivity contribution is 0.0624. The SMILES string of the molecule is O=C(c1cnc(-c2ccccc2)s1)N1CCN(CCOc2ccccc2Cl)CC1. The number of benzene rings is 2. The highest BCUT2D eigenvalue weighted by molar-refractivity contribution is 7.16. The summed E-state index contributed by atoms with van der Waals surface area (Å²) in [4.78, 5) is 22.2. The van der Waals surface area contributed by atoms with E-state index < -0.39 is 0 Å². The van der Waals surface area contributed by atoms with Crippen LogP contribution >= 0.6 is 22.9 Å². The predicted octanol–water partition coefficient (Wildman–Crippen LogP) is 4.30. The van der Waals surface area contributed by atoms with Crippen molar-refractivity contribution in [1.82, 2.24) is 14.8 Å². The quantitative estimate of drug-likeness (QED) is 0.588. The van der Waals surface area contributed by atoms with Crippen molar-refractivity contribution in [3.63, 3.8) is 0 Å². The number of para-hydroxylation sites is 1. The number of aromatic nitrogens is 1. The van der Waals surface area contributed by atoms with Gasteiger partial charge in [0.1, 0.15) is 22.2 Å². The Morgan fingerprint density at radius 1 is 1.03 bits per heavy atom. The number of amides is 1. The Balaban J connectivity index is 1.26. The fraction of sp³-hybridized carbons (Fsp3) is 0.273. The number of hydrogen-bond donors (Lipinski definition) is 0. The number of piperazine rings is 1. The Hall–Kier alpha value is -2.41. The molecule has 1 aromatic heterocycles. The van der Waals surface area contributed by atoms with E-state index in [-0.39, 0.29) is 5.91 Å². The fourth-order valence-electron chi connectivity index (χ4n) is 3.26. The number of thiazole rings is 1. The maximum absolute atomic E-state index is 12.8. The summed E-state index contributed by atoms with van der Waals surface area (Å²) in [7, 11) is 0. The van der Waals surface area contributed by atoms with Crippen molar-refractivity contribution in [2.75, 3.05) is 39.3 Å². The van der Waals surface area contributed by atoms with Gasteiger partial charge < -0.3 is 9.64 Å². The van der Waals surface area contributed by atoms with Crippen LogP contribution in [0.2, 0.25) is 5.02 Å². The second kappa shape index (κ2) is 9.39. The smallest absolute Gasteiger partial charge is 0.265 e. The molecular formula is C22H22ClN3O2S. The van der Waals surface area contributed by atoms with Crippen LogP contribution in [0, 0.1) is 0 Å². The Morgan fingerprint density at radius 2 is 1.76 bits per heavy atom. The van der Waals surface area contributed by atoms with Gasteiger partial charge in [-0.1, -0.05) is 54.1 Å². The molecule has 1 aliphatic heterocycles. The van der Waals surface area contributed by atoms with Crippen molar-refractivity contribution < 1.29 is 9.53 Å². The minimum atomic E-state index is 0.0663. The molecule has 1 amide bonds. The molecule has 150 valence electrons. The molecule has 29 heavy (non-hydrogen) atoms. The maximum atomic E-state index is 12.8. The van der Waals surface area contributed by atoms with Crippen molar-refractivity contribution in [3.8, 4) is 16.3 Å². The first-order chi connectivity index (χ1) is 14.2. The third kappa shape index (κ3) is 4.96. The van der Waals surface area contributed by atoms with Crippen LogP contribution in [0.3, 0.4) is 0 Å². The van der Waals surface area contributed by atoms with Gasteiger partial charge in [-0.15, -0.1) is 11.3 Å². The molecule has 4 rings (SSSR count). The molecule has 5 nitrogen and oxygen atoms in total. The van der Waals surface area contributed by atoms with Gasteiger partial charge in [0.25, 0.3) is 5.91 Å². The highest BCUT2D eigenvalue weighted by Gasteiger charge is 2.23. The predicted molar refractivity (Wildman–Crippen MR) is 117 cm³/mol. The molecule has 0 saturated carbocycles. The first-order valence-electron chi connectivity index (χ1n) is 9.61. The first kappa shape index (κ1) is 19.9. The standard InChI is InChI=1S/C22H22ClN3O2S/c23-18-8-4-5-9-19(18)28-15-14-25-10-12-26(13-11-25)22(27)20-16-24-21(29-20)17-6-2-1-3-7-17/h1-9,16H,10-15H2. The van der Waals surface area contributed by atoms with Crippen molar-refractivity contribution in [1.29, 1.82) is 0 Å². The Kier molecular flexibility index (Phi) is 6.44. The fourth-order valence-corrected chi connectivity index (χ4v) is 4.34. The molecule has 7 heteroatoms. The van der Waals surface area contributed by atoms with E-state index in [1.165, 1.54) is 11.3 Å². The second-order valence-corrected chi connectivity index (χ2v) is 8.25. The van der Waals surface area contributed by atoms with Crippen molar-refractivity contribution in [2.24, 2.45) is 0 Å². The molecule has 2 aromatic carbocycles. The van der Waals surface area contributed by atoms with Crippen LogP contribution < -0.4 is 4.74 Å². The van der Waals surface area contributed by atoms with Crippen LogP contribution in [-0.4, -0.2) is 60.0 Å². The van der Waals surface area contributed by atoms with E-state index in [2.05, 4.69) is 9.88 Å². The topological polar surface area (TPSA) is 45.7 Å². The lowest BCUT2D eigenvalue weighted by Crippen LogP contribution is -2.49. The highest BCUT2D eigenvalue weighted by Crippen LogP contribution is 2.26. The molecule has 1 saturated heterocycles. The Labute approximate surface area is 179 Å². The highest BCUT2D eigenvalue weighted by atomic mass is 35.5. The van der Waals surface area contributed by atoms with E-state index >= 15 is 0 Å². The minimum Gasteiger partial charge on any atom is -0.491 e. The molecule has 0 radical (unpaired) electrons. The van der Waals surface area contributed by atoms with Crippen LogP contribution in [0.1, 0.15) is 9.67 Å². The van der Waals surface area contributed by atoms with Crippen molar-refractivity contribution in [2.45, 2.75) is 0 Å². The van der Waals surface area contributed by atoms with Gasteiger partial charge in [0.15, 0.2) is 0 Å². The summed E-state index contributed by atoms with van der Waals surface area (Å²) in [5, 5.41) is 1.51. The van der Waals surface area contributed by atoms with E-state index in [9.17, 15) is 4.79 Å². The van der Waals surface area contributed by atoms with E-state index in [1.54, 1.807) is 6.20 Å². The molecular weight excluding hydrogens is 406 g/mol. The molecule has 0 N–H and O–H groups in total. The number of ether oxygens (including phenoxy) is 1. The molecule has 1 aliphatic rings. The molecule has 0 bridgehead atoms. The molecule has 1 fully saturated rings. The van der Waals surface area contributed by atoms with Gasteiger partial charge in [-0.05, 0) is 12.1 Å². The lowest BCUT2D eigenvalue weighted by Gasteiger charge is -2.34. The largest absolute Gasteiger partial charge is 0.491 e. The van der Waals surface area contributed by atoms with Crippen LogP contribution in [0.25, 0.3) is 10.6 Å². The van der Waals surface area contributed by atoms with Gasteiger partial charge in [-0.3, -0.25) is 9.69 Å². The zero-order valence-corrected chi connectivity index (χ0v) is 17.5. The molecule has 0 unspecified atom stereocenters. The summed E-state index contributed by atoms with van der Waals surface area (Å²) in [5.74, 6) is 0.777. The number of rotatable bonds is 6. The zero-order valence-electron chi connectivity index (χ0n) is 16.0. The Morgan fingerprint density at radius 3 is 2.52 bits per heavy atom. The average molecular weight is 428 g/mol. The summed E-state index contributed by atoms with van der Waals surface area (Å²) in [5.41, 5.74) is 1.04. The normalized spacial score (nSPS) is 14.7. The van der Waals surface area contributed by atoms with E-state index in [0.29, 0.717) is 35.3 Å². The third-order valence-electron chi connectivity index (χ3n) is 4.90. The maximum Gasteiger partial charge on any atom is 0.265 e. The van der Waals surface area contributed by atoms with Crippen molar-refractivity contribution in [3.05, 3.63) is 70.7 Å².